The van der Waals surface area contributed by atoms with E-state index in [0.29, 0.717) is 18.9 Å². The normalized spacial score (nSPS) is 9.95. The van der Waals surface area contributed by atoms with Gasteiger partial charge >= 0.3 is 0 Å². The van der Waals surface area contributed by atoms with Crippen molar-refractivity contribution in [2.75, 3.05) is 25.0 Å². The van der Waals surface area contributed by atoms with Crippen molar-refractivity contribution in [3.8, 4) is 0 Å². The summed E-state index contributed by atoms with van der Waals surface area (Å²) in [5, 5.41) is 8.57. The van der Waals surface area contributed by atoms with Crippen LogP contribution in [-0.4, -0.2) is 36.4 Å². The molecule has 7 heteroatoms. The number of aromatic nitrogens is 1. The molecule has 0 aromatic carbocycles. The van der Waals surface area contributed by atoms with Crippen molar-refractivity contribution in [2.45, 2.75) is 20.3 Å². The number of carbonyl (C=O) groups is 2. The zero-order chi connectivity index (χ0) is 15.0. The van der Waals surface area contributed by atoms with Crippen molar-refractivity contribution >= 4 is 29.2 Å². The summed E-state index contributed by atoms with van der Waals surface area (Å²) in [5.74, 6) is 0.0954. The number of hydrogen-bond acceptors (Lipinski definition) is 4. The highest BCUT2D eigenvalue weighted by Crippen LogP contribution is 2.16. The number of halogens is 1. The molecule has 2 amide bonds. The second kappa shape index (κ2) is 8.37. The first-order valence-corrected chi connectivity index (χ1v) is 6.91. The Morgan fingerprint density at radius 1 is 1.20 bits per heavy atom. The van der Waals surface area contributed by atoms with E-state index in [0.717, 1.165) is 0 Å². The van der Waals surface area contributed by atoms with Crippen molar-refractivity contribution in [2.24, 2.45) is 0 Å². The first-order chi connectivity index (χ1) is 9.58. The monoisotopic (exact) mass is 298 g/mol. The third kappa shape index (κ3) is 5.05. The van der Waals surface area contributed by atoms with Gasteiger partial charge in [0.05, 0.1) is 5.02 Å². The fraction of sp³-hybridized carbons (Fsp3) is 0.462. The van der Waals surface area contributed by atoms with Crippen molar-refractivity contribution in [1.82, 2.24) is 15.6 Å². The molecule has 20 heavy (non-hydrogen) atoms. The van der Waals surface area contributed by atoms with Crippen LogP contribution in [0.4, 0.5) is 5.82 Å². The van der Waals surface area contributed by atoms with E-state index >= 15 is 0 Å². The highest BCUT2D eigenvalue weighted by Gasteiger charge is 2.13. The number of anilines is 1. The van der Waals surface area contributed by atoms with Crippen molar-refractivity contribution < 1.29 is 9.59 Å². The van der Waals surface area contributed by atoms with Crippen LogP contribution in [0, 0.1) is 0 Å². The van der Waals surface area contributed by atoms with Crippen molar-refractivity contribution in [3.63, 3.8) is 0 Å². The molecule has 1 heterocycles. The molecule has 6 nitrogen and oxygen atoms in total. The van der Waals surface area contributed by atoms with E-state index in [1.54, 1.807) is 12.1 Å². The van der Waals surface area contributed by atoms with Gasteiger partial charge in [0, 0.05) is 26.1 Å². The van der Waals surface area contributed by atoms with Gasteiger partial charge in [-0.1, -0.05) is 11.6 Å². The third-order valence-electron chi connectivity index (χ3n) is 2.43. The number of amides is 2. The molecular weight excluding hydrogens is 280 g/mol. The second-order valence-corrected chi connectivity index (χ2v) is 4.42. The Labute approximate surface area is 123 Å². The van der Waals surface area contributed by atoms with E-state index < -0.39 is 0 Å². The van der Waals surface area contributed by atoms with Crippen molar-refractivity contribution in [3.05, 3.63) is 22.8 Å². The van der Waals surface area contributed by atoms with Gasteiger partial charge in [-0.05, 0) is 26.0 Å². The lowest BCUT2D eigenvalue weighted by Crippen LogP contribution is -2.31. The Bertz CT molecular complexity index is 479. The van der Waals surface area contributed by atoms with E-state index in [9.17, 15) is 9.59 Å². The number of hydrogen-bond donors (Lipinski definition) is 3. The maximum Gasteiger partial charge on any atom is 0.271 e. The average Bonchev–Trinajstić information content (AvgIpc) is 2.41. The zero-order valence-electron chi connectivity index (χ0n) is 11.6. The molecule has 0 radical (unpaired) electrons. The van der Waals surface area contributed by atoms with E-state index in [4.69, 9.17) is 11.6 Å². The first kappa shape index (κ1) is 16.2. The number of carbonyl (C=O) groups excluding carboxylic acids is 2. The summed E-state index contributed by atoms with van der Waals surface area (Å²) in [6.45, 7) is 5.29. The molecule has 0 aliphatic carbocycles. The molecular formula is C13H19ClN4O2. The van der Waals surface area contributed by atoms with Gasteiger partial charge in [0.2, 0.25) is 5.91 Å². The van der Waals surface area contributed by atoms with Gasteiger partial charge < -0.3 is 16.0 Å². The van der Waals surface area contributed by atoms with Gasteiger partial charge in [-0.2, -0.15) is 0 Å². The van der Waals surface area contributed by atoms with E-state index in [1.165, 1.54) is 0 Å². The number of pyridine rings is 1. The molecule has 0 saturated heterocycles. The van der Waals surface area contributed by atoms with Crippen LogP contribution in [0.1, 0.15) is 30.8 Å². The number of rotatable bonds is 7. The lowest BCUT2D eigenvalue weighted by molar-refractivity contribution is -0.120. The number of nitrogens with zero attached hydrogens (tertiary/aromatic N) is 1. The van der Waals surface area contributed by atoms with Gasteiger partial charge in [-0.25, -0.2) is 4.98 Å². The van der Waals surface area contributed by atoms with Crippen LogP contribution >= 0.6 is 11.6 Å². The topological polar surface area (TPSA) is 83.1 Å². The Kier molecular flexibility index (Phi) is 6.79. The quantitative estimate of drug-likeness (QED) is 0.711. The first-order valence-electron chi connectivity index (χ1n) is 6.53. The summed E-state index contributed by atoms with van der Waals surface area (Å²) in [6.07, 6.45) is 0.226. The molecule has 0 fully saturated rings. The minimum atomic E-state index is -0.390. The van der Waals surface area contributed by atoms with Crippen LogP contribution in [0.15, 0.2) is 12.1 Å². The SMILES string of the molecule is CCNC(=O)CCNC(=O)c1nc(NCC)ccc1Cl. The summed E-state index contributed by atoms with van der Waals surface area (Å²) >= 11 is 5.95. The number of nitrogens with one attached hydrogen (secondary N) is 3. The Hall–Kier alpha value is -1.82. The Balaban J connectivity index is 2.58. The highest BCUT2D eigenvalue weighted by molar-refractivity contribution is 6.33. The van der Waals surface area contributed by atoms with Crippen LogP contribution < -0.4 is 16.0 Å². The molecule has 0 atom stereocenters. The largest absolute Gasteiger partial charge is 0.370 e. The van der Waals surface area contributed by atoms with Crippen LogP contribution in [0.3, 0.4) is 0 Å². The molecule has 0 saturated carbocycles. The lowest BCUT2D eigenvalue weighted by atomic mass is 10.3. The molecule has 3 N–H and O–H groups in total. The molecule has 0 aliphatic heterocycles. The van der Waals surface area contributed by atoms with Crippen LogP contribution in [-0.2, 0) is 4.79 Å². The molecule has 0 aliphatic rings. The van der Waals surface area contributed by atoms with Crippen LogP contribution in [0.2, 0.25) is 5.02 Å². The summed E-state index contributed by atoms with van der Waals surface area (Å²) in [7, 11) is 0. The lowest BCUT2D eigenvalue weighted by Gasteiger charge is -2.08. The Morgan fingerprint density at radius 2 is 1.95 bits per heavy atom. The van der Waals surface area contributed by atoms with E-state index in [-0.39, 0.29) is 35.5 Å². The van der Waals surface area contributed by atoms with Gasteiger partial charge in [-0.3, -0.25) is 9.59 Å². The highest BCUT2D eigenvalue weighted by atomic mass is 35.5. The molecule has 1 aromatic rings. The van der Waals surface area contributed by atoms with Crippen LogP contribution in [0.25, 0.3) is 0 Å². The molecule has 1 rings (SSSR count). The summed E-state index contributed by atoms with van der Waals surface area (Å²) in [4.78, 5) is 27.3. The summed E-state index contributed by atoms with van der Waals surface area (Å²) in [6, 6.07) is 3.32. The molecule has 1 aromatic heterocycles. The fourth-order valence-electron chi connectivity index (χ4n) is 1.54. The summed E-state index contributed by atoms with van der Waals surface area (Å²) in [5.41, 5.74) is 0.154. The second-order valence-electron chi connectivity index (χ2n) is 4.02. The summed E-state index contributed by atoms with van der Waals surface area (Å²) < 4.78 is 0. The molecule has 0 spiro atoms. The van der Waals surface area contributed by atoms with Gasteiger partial charge in [-0.15, -0.1) is 0 Å². The maximum absolute atomic E-state index is 11.9. The third-order valence-corrected chi connectivity index (χ3v) is 2.74. The van der Waals surface area contributed by atoms with Gasteiger partial charge in [0.15, 0.2) is 0 Å². The van der Waals surface area contributed by atoms with Crippen molar-refractivity contribution in [1.29, 1.82) is 0 Å². The maximum atomic E-state index is 11.9. The molecule has 0 unspecified atom stereocenters. The van der Waals surface area contributed by atoms with E-state index in [1.807, 2.05) is 13.8 Å². The average molecular weight is 299 g/mol. The van der Waals surface area contributed by atoms with Gasteiger partial charge in [0.25, 0.3) is 5.91 Å². The Morgan fingerprint density at radius 3 is 2.60 bits per heavy atom. The standard InChI is InChI=1S/C13H19ClN4O2/c1-3-15-10-6-5-9(14)12(18-10)13(20)17-8-7-11(19)16-4-2/h5-6H,3-4,7-8H2,1-2H3,(H,15,18)(H,16,19)(H,17,20). The molecule has 0 bridgehead atoms. The predicted octanol–water partition coefficient (Wildman–Crippen LogP) is 1.42. The van der Waals surface area contributed by atoms with Gasteiger partial charge in [0.1, 0.15) is 11.5 Å². The minimum Gasteiger partial charge on any atom is -0.370 e. The van der Waals surface area contributed by atoms with Crippen LogP contribution in [0.5, 0.6) is 0 Å². The van der Waals surface area contributed by atoms with E-state index in [2.05, 4.69) is 20.9 Å². The molecule has 110 valence electrons. The zero-order valence-corrected chi connectivity index (χ0v) is 12.4. The fourth-order valence-corrected chi connectivity index (χ4v) is 1.73. The predicted molar refractivity (Wildman–Crippen MR) is 79.0 cm³/mol. The smallest absolute Gasteiger partial charge is 0.271 e. The minimum absolute atomic E-state index is 0.103.